The van der Waals surface area contributed by atoms with Crippen molar-refractivity contribution in [3.05, 3.63) is 54.1 Å². The number of nitrogens with one attached hydrogen (secondary N) is 1. The molecule has 0 atom stereocenters. The van der Waals surface area contributed by atoms with E-state index in [4.69, 9.17) is 5.73 Å². The number of H-pyrrole nitrogens is 1. The second-order valence-corrected chi connectivity index (χ2v) is 6.46. The average Bonchev–Trinajstić information content (AvgIpc) is 2.97. The first-order chi connectivity index (χ1) is 10.4. The smallest absolute Gasteiger partial charge is 0.181 e. The van der Waals surface area contributed by atoms with Crippen LogP contribution in [-0.2, 0) is 5.41 Å². The Morgan fingerprint density at radius 1 is 0.864 bits per heavy atom. The summed E-state index contributed by atoms with van der Waals surface area (Å²) in [6.45, 7) is 6.61. The summed E-state index contributed by atoms with van der Waals surface area (Å²) in [5.74, 6) is 1.45. The number of nitrogen functional groups attached to an aromatic ring is 1. The van der Waals surface area contributed by atoms with Crippen molar-refractivity contribution in [2.45, 2.75) is 26.2 Å². The Balaban J connectivity index is 1.89. The quantitative estimate of drug-likeness (QED) is 0.701. The van der Waals surface area contributed by atoms with Gasteiger partial charge in [0, 0.05) is 16.8 Å². The molecule has 3 aromatic rings. The van der Waals surface area contributed by atoms with E-state index in [-0.39, 0.29) is 5.41 Å². The topological polar surface area (TPSA) is 67.6 Å². The molecule has 1 heterocycles. The van der Waals surface area contributed by atoms with Gasteiger partial charge in [0.05, 0.1) is 0 Å². The van der Waals surface area contributed by atoms with Crippen LogP contribution in [-0.4, -0.2) is 15.2 Å². The zero-order valence-electron chi connectivity index (χ0n) is 13.1. The fourth-order valence-corrected chi connectivity index (χ4v) is 2.28. The lowest BCUT2D eigenvalue weighted by Gasteiger charge is -2.18. The summed E-state index contributed by atoms with van der Waals surface area (Å²) in [6.07, 6.45) is 0. The Kier molecular flexibility index (Phi) is 3.45. The fourth-order valence-electron chi connectivity index (χ4n) is 2.28. The highest BCUT2D eigenvalue weighted by atomic mass is 15.2. The summed E-state index contributed by atoms with van der Waals surface area (Å²) in [4.78, 5) is 4.56. The molecule has 0 spiro atoms. The predicted octanol–water partition coefficient (Wildman–Crippen LogP) is 4.02. The lowest BCUT2D eigenvalue weighted by Crippen LogP contribution is -2.10. The molecule has 112 valence electrons. The van der Waals surface area contributed by atoms with Crippen molar-refractivity contribution in [3.63, 3.8) is 0 Å². The van der Waals surface area contributed by atoms with Crippen LogP contribution in [0.15, 0.2) is 48.5 Å². The van der Waals surface area contributed by atoms with Gasteiger partial charge in [-0.15, -0.1) is 0 Å². The Morgan fingerprint density at radius 3 is 2.05 bits per heavy atom. The SMILES string of the molecule is CC(C)(C)c1ccc(-c2nc(-c3ccc(N)cc3)n[nH]2)cc1. The number of nitrogens with two attached hydrogens (primary N) is 1. The summed E-state index contributed by atoms with van der Waals surface area (Å²) < 4.78 is 0. The van der Waals surface area contributed by atoms with E-state index >= 15 is 0 Å². The van der Waals surface area contributed by atoms with E-state index in [1.165, 1.54) is 5.56 Å². The first-order valence-electron chi connectivity index (χ1n) is 7.33. The second-order valence-electron chi connectivity index (χ2n) is 6.46. The highest BCUT2D eigenvalue weighted by molar-refractivity contribution is 5.63. The standard InChI is InChI=1S/C18H20N4/c1-18(2,3)14-8-4-12(5-9-14)16-20-17(22-21-16)13-6-10-15(19)11-7-13/h4-11H,19H2,1-3H3,(H,20,21,22). The second kappa shape index (κ2) is 5.30. The number of rotatable bonds is 2. The third-order valence-corrected chi connectivity index (χ3v) is 3.68. The van der Waals surface area contributed by atoms with Crippen LogP contribution in [0.1, 0.15) is 26.3 Å². The molecule has 0 radical (unpaired) electrons. The monoisotopic (exact) mass is 292 g/mol. The molecule has 3 rings (SSSR count). The van der Waals surface area contributed by atoms with E-state index in [1.54, 1.807) is 0 Å². The van der Waals surface area contributed by atoms with E-state index in [0.29, 0.717) is 5.82 Å². The van der Waals surface area contributed by atoms with Gasteiger partial charge in [-0.05, 0) is 35.2 Å². The highest BCUT2D eigenvalue weighted by Gasteiger charge is 2.14. The maximum Gasteiger partial charge on any atom is 0.181 e. The summed E-state index contributed by atoms with van der Waals surface area (Å²) in [5, 5.41) is 7.29. The van der Waals surface area contributed by atoms with E-state index in [2.05, 4.69) is 60.2 Å². The molecule has 0 fully saturated rings. The molecule has 0 amide bonds. The third kappa shape index (κ3) is 2.86. The van der Waals surface area contributed by atoms with Gasteiger partial charge in [-0.2, -0.15) is 5.10 Å². The van der Waals surface area contributed by atoms with E-state index in [0.717, 1.165) is 22.6 Å². The van der Waals surface area contributed by atoms with Gasteiger partial charge in [0.15, 0.2) is 11.6 Å². The van der Waals surface area contributed by atoms with Gasteiger partial charge in [0.2, 0.25) is 0 Å². The Labute approximate surface area is 130 Å². The molecule has 22 heavy (non-hydrogen) atoms. The fraction of sp³-hybridized carbons (Fsp3) is 0.222. The van der Waals surface area contributed by atoms with Crippen molar-refractivity contribution >= 4 is 5.69 Å². The molecule has 4 heteroatoms. The number of anilines is 1. The molecule has 0 bridgehead atoms. The van der Waals surface area contributed by atoms with Crippen LogP contribution in [0.3, 0.4) is 0 Å². The van der Waals surface area contributed by atoms with Crippen molar-refractivity contribution in [2.24, 2.45) is 0 Å². The Bertz CT molecular complexity index is 762. The maximum atomic E-state index is 5.70. The zero-order valence-corrected chi connectivity index (χ0v) is 13.1. The van der Waals surface area contributed by atoms with Crippen LogP contribution in [0.25, 0.3) is 22.8 Å². The van der Waals surface area contributed by atoms with Gasteiger partial charge in [-0.25, -0.2) is 4.98 Å². The molecule has 0 unspecified atom stereocenters. The minimum absolute atomic E-state index is 0.148. The molecule has 0 aliphatic rings. The normalized spacial score (nSPS) is 11.6. The van der Waals surface area contributed by atoms with Gasteiger partial charge >= 0.3 is 0 Å². The first kappa shape index (κ1) is 14.3. The van der Waals surface area contributed by atoms with Crippen molar-refractivity contribution in [1.82, 2.24) is 15.2 Å². The van der Waals surface area contributed by atoms with Gasteiger partial charge in [-0.1, -0.05) is 45.0 Å². The third-order valence-electron chi connectivity index (χ3n) is 3.68. The largest absolute Gasteiger partial charge is 0.399 e. The maximum absolute atomic E-state index is 5.70. The minimum atomic E-state index is 0.148. The molecular weight excluding hydrogens is 272 g/mol. The average molecular weight is 292 g/mol. The van der Waals surface area contributed by atoms with Gasteiger partial charge < -0.3 is 5.73 Å². The van der Waals surface area contributed by atoms with Gasteiger partial charge in [0.25, 0.3) is 0 Å². The Hall–Kier alpha value is -2.62. The van der Waals surface area contributed by atoms with E-state index < -0.39 is 0 Å². The highest BCUT2D eigenvalue weighted by Crippen LogP contribution is 2.25. The Morgan fingerprint density at radius 2 is 1.45 bits per heavy atom. The first-order valence-corrected chi connectivity index (χ1v) is 7.33. The minimum Gasteiger partial charge on any atom is -0.399 e. The number of nitrogens with zero attached hydrogens (tertiary/aromatic N) is 2. The van der Waals surface area contributed by atoms with Gasteiger partial charge in [-0.3, -0.25) is 5.10 Å². The van der Waals surface area contributed by atoms with Crippen LogP contribution < -0.4 is 5.73 Å². The lowest BCUT2D eigenvalue weighted by atomic mass is 9.87. The summed E-state index contributed by atoms with van der Waals surface area (Å²) in [6, 6.07) is 16.0. The summed E-state index contributed by atoms with van der Waals surface area (Å²) in [7, 11) is 0. The number of benzene rings is 2. The van der Waals surface area contributed by atoms with Crippen LogP contribution in [0.2, 0.25) is 0 Å². The zero-order chi connectivity index (χ0) is 15.7. The van der Waals surface area contributed by atoms with E-state index in [9.17, 15) is 0 Å². The molecule has 0 aliphatic heterocycles. The van der Waals surface area contributed by atoms with Crippen molar-refractivity contribution in [2.75, 3.05) is 5.73 Å². The molecule has 2 aromatic carbocycles. The van der Waals surface area contributed by atoms with Crippen LogP contribution in [0, 0.1) is 0 Å². The van der Waals surface area contributed by atoms with Gasteiger partial charge in [0.1, 0.15) is 0 Å². The number of hydrogen-bond acceptors (Lipinski definition) is 3. The number of aromatic nitrogens is 3. The molecule has 0 aliphatic carbocycles. The number of hydrogen-bond donors (Lipinski definition) is 2. The molecular formula is C18H20N4. The van der Waals surface area contributed by atoms with Crippen molar-refractivity contribution in [3.8, 4) is 22.8 Å². The van der Waals surface area contributed by atoms with E-state index in [1.807, 2.05) is 24.3 Å². The predicted molar refractivity (Wildman–Crippen MR) is 90.4 cm³/mol. The summed E-state index contributed by atoms with van der Waals surface area (Å²) in [5.41, 5.74) is 9.86. The number of aromatic amines is 1. The molecule has 3 N–H and O–H groups in total. The van der Waals surface area contributed by atoms with Crippen molar-refractivity contribution < 1.29 is 0 Å². The lowest BCUT2D eigenvalue weighted by molar-refractivity contribution is 0.590. The summed E-state index contributed by atoms with van der Waals surface area (Å²) >= 11 is 0. The van der Waals surface area contributed by atoms with Crippen LogP contribution in [0.5, 0.6) is 0 Å². The van der Waals surface area contributed by atoms with Crippen LogP contribution >= 0.6 is 0 Å². The van der Waals surface area contributed by atoms with Crippen molar-refractivity contribution in [1.29, 1.82) is 0 Å². The molecule has 0 saturated carbocycles. The van der Waals surface area contributed by atoms with Crippen LogP contribution in [0.4, 0.5) is 5.69 Å². The molecule has 1 aromatic heterocycles. The molecule has 4 nitrogen and oxygen atoms in total. The molecule has 0 saturated heterocycles.